The van der Waals surface area contributed by atoms with Gasteiger partial charge in [0.1, 0.15) is 10.8 Å². The highest BCUT2D eigenvalue weighted by molar-refractivity contribution is 7.80. The average Bonchev–Trinajstić information content (AvgIpc) is 2.46. The number of ether oxygens (including phenoxy) is 2. The molecule has 7 heteroatoms. The van der Waals surface area contributed by atoms with E-state index in [-0.39, 0.29) is 17.4 Å². The van der Waals surface area contributed by atoms with Crippen molar-refractivity contribution >= 4 is 29.0 Å². The van der Waals surface area contributed by atoms with E-state index in [0.717, 1.165) is 11.1 Å². The maximum absolute atomic E-state index is 11.4. The van der Waals surface area contributed by atoms with E-state index in [0.29, 0.717) is 25.5 Å². The number of aryl methyl sites for hydroxylation is 1. The Morgan fingerprint density at radius 3 is 2.71 bits per heavy atom. The molecule has 1 aromatic heterocycles. The van der Waals surface area contributed by atoms with Crippen LogP contribution < -0.4 is 10.6 Å². The smallest absolute Gasteiger partial charge is 0.307 e. The van der Waals surface area contributed by atoms with E-state index in [1.54, 1.807) is 13.3 Å². The molecule has 0 spiro atoms. The number of methoxy groups -OCH3 is 2. The van der Waals surface area contributed by atoms with E-state index >= 15 is 0 Å². The molecule has 0 unspecified atom stereocenters. The lowest BCUT2D eigenvalue weighted by atomic mass is 10.1. The summed E-state index contributed by atoms with van der Waals surface area (Å²) in [5, 5.41) is 0. The van der Waals surface area contributed by atoms with Gasteiger partial charge in [-0.15, -0.1) is 0 Å². The Bertz CT molecular complexity index is 508. The number of carbonyl (C=O) groups is 1. The Kier molecular flexibility index (Phi) is 7.04. The number of esters is 1. The predicted molar refractivity (Wildman–Crippen MR) is 85.6 cm³/mol. The zero-order valence-corrected chi connectivity index (χ0v) is 13.4. The monoisotopic (exact) mass is 311 g/mol. The van der Waals surface area contributed by atoms with Crippen LogP contribution in [0.2, 0.25) is 0 Å². The van der Waals surface area contributed by atoms with Gasteiger partial charge in [0, 0.05) is 26.4 Å². The Morgan fingerprint density at radius 2 is 2.14 bits per heavy atom. The quantitative estimate of drug-likeness (QED) is 0.567. The first-order valence-electron chi connectivity index (χ1n) is 6.57. The number of anilines is 1. The van der Waals surface area contributed by atoms with Crippen molar-refractivity contribution in [3.05, 3.63) is 23.4 Å². The van der Waals surface area contributed by atoms with Crippen LogP contribution in [0, 0.1) is 6.92 Å². The van der Waals surface area contributed by atoms with Gasteiger partial charge >= 0.3 is 5.97 Å². The van der Waals surface area contributed by atoms with Crippen LogP contribution >= 0.6 is 12.2 Å². The van der Waals surface area contributed by atoms with Crippen LogP contribution in [0.15, 0.2) is 12.3 Å². The van der Waals surface area contributed by atoms with Gasteiger partial charge in [0.2, 0.25) is 0 Å². The lowest BCUT2D eigenvalue weighted by Gasteiger charge is -2.25. The molecule has 2 N–H and O–H groups in total. The fourth-order valence-corrected chi connectivity index (χ4v) is 2.19. The third-order valence-corrected chi connectivity index (χ3v) is 3.27. The van der Waals surface area contributed by atoms with Gasteiger partial charge in [-0.2, -0.15) is 0 Å². The molecular formula is C14H21N3O3S. The number of rotatable bonds is 8. The minimum Gasteiger partial charge on any atom is -0.469 e. The topological polar surface area (TPSA) is 77.7 Å². The van der Waals surface area contributed by atoms with Crippen molar-refractivity contribution in [1.82, 2.24) is 4.98 Å². The Balaban J connectivity index is 3.04. The van der Waals surface area contributed by atoms with Crippen LogP contribution in [0.25, 0.3) is 0 Å². The van der Waals surface area contributed by atoms with Crippen LogP contribution in [0.5, 0.6) is 0 Å². The molecule has 0 atom stereocenters. The Labute approximate surface area is 130 Å². The summed E-state index contributed by atoms with van der Waals surface area (Å²) in [5.41, 5.74) is 7.49. The van der Waals surface area contributed by atoms with E-state index in [2.05, 4.69) is 9.72 Å². The second-order valence-corrected chi connectivity index (χ2v) is 4.94. The number of hydrogen-bond donors (Lipinski definition) is 1. The van der Waals surface area contributed by atoms with E-state index < -0.39 is 0 Å². The van der Waals surface area contributed by atoms with Crippen molar-refractivity contribution in [3.63, 3.8) is 0 Å². The van der Waals surface area contributed by atoms with Gasteiger partial charge in [0.05, 0.1) is 25.7 Å². The number of carbonyl (C=O) groups excluding carboxylic acids is 1. The largest absolute Gasteiger partial charge is 0.469 e. The molecule has 0 radical (unpaired) electrons. The number of thiocarbonyl (C=S) groups is 1. The molecule has 116 valence electrons. The molecule has 0 aliphatic carbocycles. The maximum atomic E-state index is 11.4. The minimum absolute atomic E-state index is 0.257. The van der Waals surface area contributed by atoms with Crippen LogP contribution in [0.1, 0.15) is 17.5 Å². The molecule has 1 rings (SSSR count). The van der Waals surface area contributed by atoms with E-state index in [9.17, 15) is 4.79 Å². The molecule has 0 saturated carbocycles. The van der Waals surface area contributed by atoms with Crippen molar-refractivity contribution in [3.8, 4) is 0 Å². The van der Waals surface area contributed by atoms with Crippen molar-refractivity contribution in [1.29, 1.82) is 0 Å². The highest BCUT2D eigenvalue weighted by Gasteiger charge is 2.17. The first kappa shape index (κ1) is 17.3. The van der Waals surface area contributed by atoms with Gasteiger partial charge in [0.25, 0.3) is 0 Å². The Hall–Kier alpha value is -1.73. The van der Waals surface area contributed by atoms with Crippen LogP contribution in [0.4, 0.5) is 5.82 Å². The van der Waals surface area contributed by atoms with Crippen molar-refractivity contribution in [2.75, 3.05) is 38.8 Å². The van der Waals surface area contributed by atoms with Gasteiger partial charge in [-0.3, -0.25) is 4.79 Å². The summed E-state index contributed by atoms with van der Waals surface area (Å²) in [5.74, 6) is 0.394. The van der Waals surface area contributed by atoms with E-state index in [1.807, 2.05) is 17.9 Å². The molecule has 21 heavy (non-hydrogen) atoms. The zero-order chi connectivity index (χ0) is 15.8. The fourth-order valence-electron chi connectivity index (χ4n) is 1.94. The summed E-state index contributed by atoms with van der Waals surface area (Å²) >= 11 is 5.12. The van der Waals surface area contributed by atoms with Gasteiger partial charge in [0.15, 0.2) is 0 Å². The molecule has 1 heterocycles. The number of nitrogens with two attached hydrogens (primary N) is 1. The molecule has 0 aliphatic rings. The van der Waals surface area contributed by atoms with E-state index in [1.165, 1.54) is 7.11 Å². The fraction of sp³-hybridized carbons (Fsp3) is 0.500. The normalized spacial score (nSPS) is 10.2. The number of nitrogens with zero attached hydrogens (tertiary/aromatic N) is 2. The third-order valence-electron chi connectivity index (χ3n) is 3.06. The average molecular weight is 311 g/mol. The zero-order valence-electron chi connectivity index (χ0n) is 12.6. The first-order valence-corrected chi connectivity index (χ1v) is 6.98. The molecular weight excluding hydrogens is 290 g/mol. The van der Waals surface area contributed by atoms with Gasteiger partial charge in [-0.05, 0) is 18.6 Å². The summed E-state index contributed by atoms with van der Waals surface area (Å²) in [4.78, 5) is 17.9. The van der Waals surface area contributed by atoms with Crippen molar-refractivity contribution in [2.24, 2.45) is 5.73 Å². The second-order valence-electron chi connectivity index (χ2n) is 4.50. The molecule has 0 fully saturated rings. The van der Waals surface area contributed by atoms with Crippen LogP contribution in [0.3, 0.4) is 0 Å². The van der Waals surface area contributed by atoms with Crippen molar-refractivity contribution < 1.29 is 14.3 Å². The summed E-state index contributed by atoms with van der Waals surface area (Å²) in [6, 6.07) is 1.85. The molecule has 0 aromatic carbocycles. The van der Waals surface area contributed by atoms with Crippen LogP contribution in [-0.2, 0) is 14.3 Å². The number of pyridine rings is 1. The van der Waals surface area contributed by atoms with Gasteiger partial charge < -0.3 is 20.1 Å². The standard InChI is InChI=1S/C14H21N3O3S/c1-10-4-6-16-14(12(10)13(15)21)17(8-9-19-2)7-5-11(18)20-3/h4,6H,5,7-9H2,1-3H3,(H2,15,21). The molecule has 0 bridgehead atoms. The number of aromatic nitrogens is 1. The minimum atomic E-state index is -0.276. The molecule has 0 aliphatic heterocycles. The summed E-state index contributed by atoms with van der Waals surface area (Å²) < 4.78 is 9.78. The third kappa shape index (κ3) is 4.95. The van der Waals surface area contributed by atoms with Crippen LogP contribution in [-0.4, -0.2) is 49.9 Å². The number of hydrogen-bond acceptors (Lipinski definition) is 6. The second kappa shape index (κ2) is 8.53. The highest BCUT2D eigenvalue weighted by atomic mass is 32.1. The first-order chi connectivity index (χ1) is 10.0. The predicted octanol–water partition coefficient (Wildman–Crippen LogP) is 1.04. The summed E-state index contributed by atoms with van der Waals surface area (Å²) in [7, 11) is 2.99. The molecule has 0 amide bonds. The highest BCUT2D eigenvalue weighted by Crippen LogP contribution is 2.21. The van der Waals surface area contributed by atoms with Gasteiger partial charge in [-0.25, -0.2) is 4.98 Å². The maximum Gasteiger partial charge on any atom is 0.307 e. The molecule has 1 aromatic rings. The summed E-state index contributed by atoms with van der Waals surface area (Å²) in [6.45, 7) is 3.48. The summed E-state index contributed by atoms with van der Waals surface area (Å²) in [6.07, 6.45) is 1.96. The van der Waals surface area contributed by atoms with Gasteiger partial charge in [-0.1, -0.05) is 12.2 Å². The van der Waals surface area contributed by atoms with Crippen molar-refractivity contribution in [2.45, 2.75) is 13.3 Å². The Morgan fingerprint density at radius 1 is 1.43 bits per heavy atom. The molecule has 6 nitrogen and oxygen atoms in total. The SMILES string of the molecule is COCCN(CCC(=O)OC)c1nccc(C)c1C(N)=S. The molecule has 0 saturated heterocycles. The van der Waals surface area contributed by atoms with E-state index in [4.69, 9.17) is 22.7 Å². The lowest BCUT2D eigenvalue weighted by Crippen LogP contribution is -2.33. The lowest BCUT2D eigenvalue weighted by molar-refractivity contribution is -0.140.